The molecule has 0 fully saturated rings. The van der Waals surface area contributed by atoms with E-state index in [0.29, 0.717) is 22.5 Å². The van der Waals surface area contributed by atoms with Gasteiger partial charge < -0.3 is 13.9 Å². The summed E-state index contributed by atoms with van der Waals surface area (Å²) in [5.74, 6) is -0.307. The summed E-state index contributed by atoms with van der Waals surface area (Å²) < 4.78 is 29.9. The van der Waals surface area contributed by atoms with Crippen molar-refractivity contribution < 1.29 is 23.1 Å². The van der Waals surface area contributed by atoms with Crippen molar-refractivity contribution in [3.05, 3.63) is 64.3 Å². The summed E-state index contributed by atoms with van der Waals surface area (Å²) in [7, 11) is 0. The van der Waals surface area contributed by atoms with Crippen LogP contribution in [0.15, 0.2) is 51.7 Å². The normalized spacial score (nSPS) is 10.7. The van der Waals surface area contributed by atoms with Crippen LogP contribution in [0.3, 0.4) is 0 Å². The molecule has 0 spiro atoms. The van der Waals surface area contributed by atoms with Crippen LogP contribution >= 0.6 is 0 Å². The second kappa shape index (κ2) is 7.39. The van der Waals surface area contributed by atoms with E-state index in [1.165, 1.54) is 24.3 Å². The van der Waals surface area contributed by atoms with Crippen molar-refractivity contribution in [3.63, 3.8) is 0 Å². The molecule has 0 N–H and O–H groups in total. The number of halogens is 1. The van der Waals surface area contributed by atoms with Crippen molar-refractivity contribution in [2.24, 2.45) is 0 Å². The molecule has 0 aliphatic carbocycles. The van der Waals surface area contributed by atoms with Crippen molar-refractivity contribution in [2.45, 2.75) is 13.8 Å². The van der Waals surface area contributed by atoms with Crippen LogP contribution in [0.1, 0.15) is 12.7 Å². The van der Waals surface area contributed by atoms with E-state index in [2.05, 4.69) is 0 Å². The largest absolute Gasteiger partial charge is 0.482 e. The lowest BCUT2D eigenvalue weighted by atomic mass is 10.0. The standard InChI is InChI=1S/C20H17FO5/c1-3-24-18(22)11-25-13-8-9-15-17(10-13)26-12(2)19(20(15)23)14-6-4-5-7-16(14)21/h4-10H,3,11H2,1-2H3. The molecule has 1 aromatic heterocycles. The quantitative estimate of drug-likeness (QED) is 0.650. The van der Waals surface area contributed by atoms with Crippen molar-refractivity contribution in [1.29, 1.82) is 0 Å². The van der Waals surface area contributed by atoms with Gasteiger partial charge in [0.1, 0.15) is 22.9 Å². The van der Waals surface area contributed by atoms with Crippen LogP contribution < -0.4 is 10.2 Å². The second-order valence-electron chi connectivity index (χ2n) is 5.59. The Bertz CT molecular complexity index is 1020. The number of benzene rings is 2. The molecule has 0 aliphatic rings. The zero-order valence-corrected chi connectivity index (χ0v) is 14.4. The van der Waals surface area contributed by atoms with E-state index in [1.54, 1.807) is 32.0 Å². The van der Waals surface area contributed by atoms with Crippen molar-refractivity contribution in [1.82, 2.24) is 0 Å². The number of aryl methyl sites for hydroxylation is 1. The number of hydrogen-bond acceptors (Lipinski definition) is 5. The lowest BCUT2D eigenvalue weighted by Gasteiger charge is -2.10. The minimum atomic E-state index is -0.489. The van der Waals surface area contributed by atoms with Gasteiger partial charge in [0, 0.05) is 11.6 Å². The summed E-state index contributed by atoms with van der Waals surface area (Å²) in [6.07, 6.45) is 0. The van der Waals surface area contributed by atoms with Crippen molar-refractivity contribution in [3.8, 4) is 16.9 Å². The first-order chi connectivity index (χ1) is 12.5. The fourth-order valence-electron chi connectivity index (χ4n) is 2.70. The first kappa shape index (κ1) is 17.7. The molecule has 6 heteroatoms. The Labute approximate surface area is 149 Å². The predicted molar refractivity (Wildman–Crippen MR) is 94.7 cm³/mol. The van der Waals surface area contributed by atoms with E-state index < -0.39 is 11.8 Å². The average molecular weight is 356 g/mol. The molecule has 0 amide bonds. The van der Waals surface area contributed by atoms with Gasteiger partial charge >= 0.3 is 5.97 Å². The molecule has 0 aliphatic heterocycles. The summed E-state index contributed by atoms with van der Waals surface area (Å²) in [5.41, 5.74) is 0.360. The Morgan fingerprint density at radius 1 is 1.19 bits per heavy atom. The van der Waals surface area contributed by atoms with Crippen molar-refractivity contribution >= 4 is 16.9 Å². The Balaban J connectivity index is 2.01. The number of rotatable bonds is 5. The summed E-state index contributed by atoms with van der Waals surface area (Å²) in [4.78, 5) is 24.2. The second-order valence-corrected chi connectivity index (χ2v) is 5.59. The van der Waals surface area contributed by atoms with Gasteiger partial charge in [0.25, 0.3) is 0 Å². The fraction of sp³-hybridized carbons (Fsp3) is 0.200. The van der Waals surface area contributed by atoms with Gasteiger partial charge in [0.05, 0.1) is 17.6 Å². The Morgan fingerprint density at radius 2 is 1.96 bits per heavy atom. The first-order valence-electron chi connectivity index (χ1n) is 8.12. The molecule has 2 aromatic carbocycles. The molecular weight excluding hydrogens is 339 g/mol. The molecule has 0 saturated heterocycles. The summed E-state index contributed by atoms with van der Waals surface area (Å²) >= 11 is 0. The average Bonchev–Trinajstić information content (AvgIpc) is 2.61. The van der Waals surface area contributed by atoms with Crippen LogP contribution in [0, 0.1) is 12.7 Å². The number of carbonyl (C=O) groups is 1. The SMILES string of the molecule is CCOC(=O)COc1ccc2c(=O)c(-c3ccccc3F)c(C)oc2c1. The summed E-state index contributed by atoms with van der Waals surface area (Å²) in [6.45, 7) is 3.34. The molecule has 0 atom stereocenters. The first-order valence-corrected chi connectivity index (χ1v) is 8.12. The van der Waals surface area contributed by atoms with E-state index in [0.717, 1.165) is 0 Å². The Kier molecular flexibility index (Phi) is 5.02. The lowest BCUT2D eigenvalue weighted by Crippen LogP contribution is -2.14. The molecule has 5 nitrogen and oxygen atoms in total. The van der Waals surface area contributed by atoms with E-state index in [4.69, 9.17) is 13.9 Å². The van der Waals surface area contributed by atoms with Crippen LogP contribution in [0.2, 0.25) is 0 Å². The number of ether oxygens (including phenoxy) is 2. The van der Waals surface area contributed by atoms with Crippen LogP contribution in [-0.4, -0.2) is 19.2 Å². The maximum absolute atomic E-state index is 14.1. The number of fused-ring (bicyclic) bond motifs is 1. The van der Waals surface area contributed by atoms with Gasteiger partial charge in [-0.05, 0) is 32.0 Å². The van der Waals surface area contributed by atoms with Gasteiger partial charge in [-0.2, -0.15) is 0 Å². The highest BCUT2D eigenvalue weighted by Crippen LogP contribution is 2.27. The number of carbonyl (C=O) groups excluding carboxylic acids is 1. The third-order valence-corrected chi connectivity index (χ3v) is 3.85. The molecule has 1 heterocycles. The monoisotopic (exact) mass is 356 g/mol. The molecular formula is C20H17FO5. The zero-order chi connectivity index (χ0) is 18.7. The lowest BCUT2D eigenvalue weighted by molar-refractivity contribution is -0.145. The van der Waals surface area contributed by atoms with Gasteiger partial charge in [-0.3, -0.25) is 4.79 Å². The third kappa shape index (κ3) is 3.44. The van der Waals surface area contributed by atoms with Gasteiger partial charge in [-0.1, -0.05) is 18.2 Å². The van der Waals surface area contributed by atoms with Gasteiger partial charge in [-0.25, -0.2) is 9.18 Å². The molecule has 0 radical (unpaired) electrons. The van der Waals surface area contributed by atoms with Crippen LogP contribution in [0.25, 0.3) is 22.1 Å². The van der Waals surface area contributed by atoms with Crippen LogP contribution in [0.5, 0.6) is 5.75 Å². The number of esters is 1. The van der Waals surface area contributed by atoms with E-state index in [9.17, 15) is 14.0 Å². The van der Waals surface area contributed by atoms with E-state index in [1.807, 2.05) is 0 Å². The number of hydrogen-bond donors (Lipinski definition) is 0. The summed E-state index contributed by atoms with van der Waals surface area (Å²) in [6, 6.07) is 10.7. The minimum absolute atomic E-state index is 0.191. The maximum atomic E-state index is 14.1. The highest BCUT2D eigenvalue weighted by atomic mass is 19.1. The highest BCUT2D eigenvalue weighted by Gasteiger charge is 2.17. The molecule has 0 bridgehead atoms. The van der Waals surface area contributed by atoms with Crippen LogP contribution in [0.4, 0.5) is 4.39 Å². The maximum Gasteiger partial charge on any atom is 0.344 e. The topological polar surface area (TPSA) is 65.7 Å². The minimum Gasteiger partial charge on any atom is -0.482 e. The van der Waals surface area contributed by atoms with Crippen LogP contribution in [-0.2, 0) is 9.53 Å². The molecule has 134 valence electrons. The molecule has 0 unspecified atom stereocenters. The van der Waals surface area contributed by atoms with Gasteiger partial charge in [-0.15, -0.1) is 0 Å². The smallest absolute Gasteiger partial charge is 0.344 e. The highest BCUT2D eigenvalue weighted by molar-refractivity contribution is 5.84. The van der Waals surface area contributed by atoms with E-state index in [-0.39, 0.29) is 29.8 Å². The van der Waals surface area contributed by atoms with Gasteiger partial charge in [0.2, 0.25) is 5.43 Å². The molecule has 26 heavy (non-hydrogen) atoms. The predicted octanol–water partition coefficient (Wildman–Crippen LogP) is 3.85. The third-order valence-electron chi connectivity index (χ3n) is 3.85. The fourth-order valence-corrected chi connectivity index (χ4v) is 2.70. The molecule has 0 saturated carbocycles. The summed E-state index contributed by atoms with van der Waals surface area (Å²) in [5, 5.41) is 0.303. The molecule has 3 aromatic rings. The van der Waals surface area contributed by atoms with E-state index >= 15 is 0 Å². The Hall–Kier alpha value is -3.15. The Morgan fingerprint density at radius 3 is 2.69 bits per heavy atom. The zero-order valence-electron chi connectivity index (χ0n) is 14.4. The van der Waals surface area contributed by atoms with Crippen molar-refractivity contribution in [2.75, 3.05) is 13.2 Å². The van der Waals surface area contributed by atoms with Gasteiger partial charge in [0.15, 0.2) is 6.61 Å². The molecule has 3 rings (SSSR count).